The van der Waals surface area contributed by atoms with Gasteiger partial charge in [-0.3, -0.25) is 9.59 Å². The largest absolute Gasteiger partial charge is 0.395 e. The van der Waals surface area contributed by atoms with Crippen molar-refractivity contribution in [1.82, 2.24) is 10.2 Å². The molecule has 0 spiro atoms. The Bertz CT molecular complexity index is 627. The third kappa shape index (κ3) is 3.63. The van der Waals surface area contributed by atoms with Crippen molar-refractivity contribution < 1.29 is 19.8 Å². The van der Waals surface area contributed by atoms with Crippen LogP contribution in [0.15, 0.2) is 40.0 Å². The lowest BCUT2D eigenvalue weighted by Gasteiger charge is -2.25. The molecule has 1 aliphatic heterocycles. The van der Waals surface area contributed by atoms with E-state index in [1.165, 1.54) is 4.90 Å². The highest BCUT2D eigenvalue weighted by Gasteiger charge is 2.44. The second kappa shape index (κ2) is 7.72. The predicted octanol–water partition coefficient (Wildman–Crippen LogP) is 0.750. The topological polar surface area (TPSA) is 89.9 Å². The van der Waals surface area contributed by atoms with E-state index in [0.717, 1.165) is 10.0 Å². The summed E-state index contributed by atoms with van der Waals surface area (Å²) in [7, 11) is 0. The second-order valence-corrected chi connectivity index (χ2v) is 6.11. The Morgan fingerprint density at radius 2 is 1.87 bits per heavy atom. The molecule has 0 bridgehead atoms. The fourth-order valence-corrected chi connectivity index (χ4v) is 2.95. The van der Waals surface area contributed by atoms with Crippen molar-refractivity contribution in [2.24, 2.45) is 0 Å². The molecule has 2 rings (SSSR count). The number of aliphatic hydroxyl groups excluding tert-OH is 2. The van der Waals surface area contributed by atoms with Crippen LogP contribution >= 0.6 is 15.9 Å². The van der Waals surface area contributed by atoms with E-state index in [1.807, 2.05) is 24.3 Å². The number of ketones is 1. The highest BCUT2D eigenvalue weighted by Crippen LogP contribution is 2.37. The first-order valence-electron chi connectivity index (χ1n) is 7.28. The number of amides is 1. The molecule has 1 heterocycles. The summed E-state index contributed by atoms with van der Waals surface area (Å²) in [6.45, 7) is 1.80. The van der Waals surface area contributed by atoms with Crippen LogP contribution in [0.1, 0.15) is 18.5 Å². The lowest BCUT2D eigenvalue weighted by Crippen LogP contribution is -2.32. The zero-order chi connectivity index (χ0) is 17.0. The number of nitrogens with zero attached hydrogens (tertiary/aromatic N) is 1. The van der Waals surface area contributed by atoms with Crippen LogP contribution in [0.2, 0.25) is 0 Å². The van der Waals surface area contributed by atoms with Gasteiger partial charge < -0.3 is 20.4 Å². The van der Waals surface area contributed by atoms with Crippen molar-refractivity contribution in [3.05, 3.63) is 45.6 Å². The van der Waals surface area contributed by atoms with Crippen molar-refractivity contribution >= 4 is 27.6 Å². The number of rotatable bonds is 6. The maximum absolute atomic E-state index is 12.4. The number of nitrogens with one attached hydrogen (secondary N) is 1. The molecule has 1 fully saturated rings. The Labute approximate surface area is 142 Å². The highest BCUT2D eigenvalue weighted by molar-refractivity contribution is 9.10. The molecule has 0 radical (unpaired) electrons. The Hall–Kier alpha value is -1.70. The third-order valence-electron chi connectivity index (χ3n) is 3.72. The molecule has 0 unspecified atom stereocenters. The molecule has 0 saturated carbocycles. The van der Waals surface area contributed by atoms with Gasteiger partial charge in [-0.1, -0.05) is 28.1 Å². The summed E-state index contributed by atoms with van der Waals surface area (Å²) in [5.74, 6) is -1.19. The quantitative estimate of drug-likeness (QED) is 0.498. The molecule has 0 aliphatic carbocycles. The SMILES string of the molecule is C/C(NCCO)=C1/C(=O)C(=O)N(CCO)[C@H]1c1ccc(Br)cc1. The van der Waals surface area contributed by atoms with Crippen LogP contribution in [-0.4, -0.2) is 53.1 Å². The van der Waals surface area contributed by atoms with Crippen LogP contribution in [-0.2, 0) is 9.59 Å². The summed E-state index contributed by atoms with van der Waals surface area (Å²) in [4.78, 5) is 26.1. The van der Waals surface area contributed by atoms with Crippen molar-refractivity contribution in [2.45, 2.75) is 13.0 Å². The summed E-state index contributed by atoms with van der Waals surface area (Å²) >= 11 is 3.36. The maximum atomic E-state index is 12.4. The van der Waals surface area contributed by atoms with Gasteiger partial charge in [0.25, 0.3) is 11.7 Å². The van der Waals surface area contributed by atoms with Gasteiger partial charge in [0.1, 0.15) is 0 Å². The van der Waals surface area contributed by atoms with Crippen molar-refractivity contribution in [3.63, 3.8) is 0 Å². The fourth-order valence-electron chi connectivity index (χ4n) is 2.69. The molecule has 124 valence electrons. The lowest BCUT2D eigenvalue weighted by atomic mass is 9.97. The van der Waals surface area contributed by atoms with E-state index in [4.69, 9.17) is 5.11 Å². The summed E-state index contributed by atoms with van der Waals surface area (Å²) in [6.07, 6.45) is 0. The highest BCUT2D eigenvalue weighted by atomic mass is 79.9. The number of β-amino-alcohol motifs (C(OH)–C–C–N with tert-alkyl or cyclic N) is 1. The maximum Gasteiger partial charge on any atom is 0.295 e. The molecule has 1 amide bonds. The van der Waals surface area contributed by atoms with Crippen LogP contribution in [0.3, 0.4) is 0 Å². The Kier molecular flexibility index (Phi) is 5.92. The monoisotopic (exact) mass is 382 g/mol. The number of hydrogen-bond acceptors (Lipinski definition) is 5. The van der Waals surface area contributed by atoms with Crippen molar-refractivity contribution in [1.29, 1.82) is 0 Å². The number of carbonyl (C=O) groups is 2. The van der Waals surface area contributed by atoms with Gasteiger partial charge in [0.05, 0.1) is 24.8 Å². The molecule has 7 heteroatoms. The number of likely N-dealkylation sites (tertiary alicyclic amines) is 1. The molecule has 1 aromatic rings. The first kappa shape index (κ1) is 17.7. The third-order valence-corrected chi connectivity index (χ3v) is 4.25. The molecular formula is C16H19BrN2O4. The van der Waals surface area contributed by atoms with Gasteiger partial charge in [0.15, 0.2) is 0 Å². The van der Waals surface area contributed by atoms with Gasteiger partial charge in [-0.05, 0) is 24.6 Å². The Balaban J connectivity index is 2.50. The number of carbonyl (C=O) groups excluding carboxylic acids is 2. The van der Waals surface area contributed by atoms with Gasteiger partial charge in [0, 0.05) is 23.3 Å². The summed E-state index contributed by atoms with van der Waals surface area (Å²) in [5.41, 5.74) is 1.71. The zero-order valence-corrected chi connectivity index (χ0v) is 14.3. The average molecular weight is 383 g/mol. The Morgan fingerprint density at radius 1 is 1.22 bits per heavy atom. The first-order valence-corrected chi connectivity index (χ1v) is 8.07. The van der Waals surface area contributed by atoms with E-state index in [-0.39, 0.29) is 19.8 Å². The van der Waals surface area contributed by atoms with Crippen LogP contribution < -0.4 is 5.32 Å². The van der Waals surface area contributed by atoms with E-state index in [2.05, 4.69) is 21.2 Å². The minimum absolute atomic E-state index is 0.0734. The van der Waals surface area contributed by atoms with E-state index in [1.54, 1.807) is 6.92 Å². The van der Waals surface area contributed by atoms with Crippen molar-refractivity contribution in [2.75, 3.05) is 26.3 Å². The zero-order valence-electron chi connectivity index (χ0n) is 12.8. The molecule has 6 nitrogen and oxygen atoms in total. The van der Waals surface area contributed by atoms with E-state index >= 15 is 0 Å². The predicted molar refractivity (Wildman–Crippen MR) is 88.5 cm³/mol. The number of aliphatic hydroxyl groups is 2. The minimum atomic E-state index is -0.618. The molecule has 0 aromatic heterocycles. The van der Waals surface area contributed by atoms with Crippen LogP contribution in [0, 0.1) is 0 Å². The number of halogens is 1. The minimum Gasteiger partial charge on any atom is -0.395 e. The molecule has 3 N–H and O–H groups in total. The fraction of sp³-hybridized carbons (Fsp3) is 0.375. The van der Waals surface area contributed by atoms with E-state index < -0.39 is 17.7 Å². The smallest absolute Gasteiger partial charge is 0.295 e. The number of Topliss-reactive ketones (excluding diaryl/α,β-unsaturated/α-hetero) is 1. The van der Waals surface area contributed by atoms with Gasteiger partial charge in [-0.2, -0.15) is 0 Å². The average Bonchev–Trinajstić information content (AvgIpc) is 2.79. The summed E-state index contributed by atoms with van der Waals surface area (Å²) < 4.78 is 0.895. The number of allylic oxidation sites excluding steroid dienone is 1. The number of benzene rings is 1. The molecule has 1 aliphatic rings. The summed E-state index contributed by atoms with van der Waals surface area (Å²) in [6, 6.07) is 6.82. The second-order valence-electron chi connectivity index (χ2n) is 5.19. The molecule has 1 saturated heterocycles. The molecular weight excluding hydrogens is 364 g/mol. The van der Waals surface area contributed by atoms with E-state index in [0.29, 0.717) is 17.8 Å². The molecule has 23 heavy (non-hydrogen) atoms. The normalized spacial score (nSPS) is 20.2. The molecule has 1 atom stereocenters. The Morgan fingerprint density at radius 3 is 2.43 bits per heavy atom. The first-order chi connectivity index (χ1) is 11.0. The van der Waals surface area contributed by atoms with Gasteiger partial charge in [-0.15, -0.1) is 0 Å². The van der Waals surface area contributed by atoms with Crippen molar-refractivity contribution in [3.8, 4) is 0 Å². The molecule has 1 aromatic carbocycles. The van der Waals surface area contributed by atoms with E-state index in [9.17, 15) is 14.7 Å². The van der Waals surface area contributed by atoms with Gasteiger partial charge >= 0.3 is 0 Å². The van der Waals surface area contributed by atoms with Gasteiger partial charge in [0.2, 0.25) is 0 Å². The lowest BCUT2D eigenvalue weighted by molar-refractivity contribution is -0.140. The summed E-state index contributed by atoms with van der Waals surface area (Å²) in [5, 5.41) is 21.1. The van der Waals surface area contributed by atoms with Crippen LogP contribution in [0.5, 0.6) is 0 Å². The number of hydrogen-bond donors (Lipinski definition) is 3. The standard InChI is InChI=1S/C16H19BrN2O4/c1-10(18-6-8-20)13-14(11-2-4-12(17)5-3-11)19(7-9-21)16(23)15(13)22/h2-5,14,18,20-21H,6-9H2,1H3/b13-10-/t14-/m0/s1. The van der Waals surface area contributed by atoms with Crippen LogP contribution in [0.25, 0.3) is 0 Å². The van der Waals surface area contributed by atoms with Gasteiger partial charge in [-0.25, -0.2) is 0 Å². The van der Waals surface area contributed by atoms with Crippen LogP contribution in [0.4, 0.5) is 0 Å².